The van der Waals surface area contributed by atoms with Gasteiger partial charge in [0.1, 0.15) is 5.65 Å². The molecule has 0 aliphatic carbocycles. The third-order valence-corrected chi connectivity index (χ3v) is 3.08. The maximum Gasteiger partial charge on any atom is 0.151 e. The lowest BCUT2D eigenvalue weighted by molar-refractivity contribution is 0.112. The van der Waals surface area contributed by atoms with Crippen molar-refractivity contribution < 1.29 is 4.79 Å². The zero-order valence-electron chi connectivity index (χ0n) is 9.55. The SMILES string of the molecule is CCn1c2ccccc2c2cc(C=O)cnc21. The van der Waals surface area contributed by atoms with Gasteiger partial charge in [0, 0.05) is 29.1 Å². The van der Waals surface area contributed by atoms with E-state index in [-0.39, 0.29) is 0 Å². The summed E-state index contributed by atoms with van der Waals surface area (Å²) in [4.78, 5) is 15.2. The van der Waals surface area contributed by atoms with Crippen LogP contribution in [0.4, 0.5) is 0 Å². The van der Waals surface area contributed by atoms with Gasteiger partial charge in [0.15, 0.2) is 6.29 Å². The molecule has 0 atom stereocenters. The number of rotatable bonds is 2. The topological polar surface area (TPSA) is 34.9 Å². The van der Waals surface area contributed by atoms with E-state index in [1.807, 2.05) is 18.2 Å². The summed E-state index contributed by atoms with van der Waals surface area (Å²) in [5.74, 6) is 0. The molecule has 2 heterocycles. The number of carbonyl (C=O) groups excluding carboxylic acids is 1. The molecule has 0 aliphatic rings. The van der Waals surface area contributed by atoms with Crippen LogP contribution in [-0.4, -0.2) is 15.8 Å². The summed E-state index contributed by atoms with van der Waals surface area (Å²) in [7, 11) is 0. The van der Waals surface area contributed by atoms with Crippen LogP contribution in [0.15, 0.2) is 36.5 Å². The van der Waals surface area contributed by atoms with Gasteiger partial charge < -0.3 is 4.57 Å². The van der Waals surface area contributed by atoms with Crippen molar-refractivity contribution >= 4 is 28.2 Å². The molecule has 0 bridgehead atoms. The standard InChI is InChI=1S/C14H12N2O/c1-2-16-13-6-4-3-5-11(13)12-7-10(9-17)8-15-14(12)16/h3-9H,2H2,1H3. The average molecular weight is 224 g/mol. The molecule has 2 aromatic heterocycles. The number of para-hydroxylation sites is 1. The fraction of sp³-hybridized carbons (Fsp3) is 0.143. The third kappa shape index (κ3) is 1.35. The number of aromatic nitrogens is 2. The van der Waals surface area contributed by atoms with Gasteiger partial charge in [-0.3, -0.25) is 4.79 Å². The van der Waals surface area contributed by atoms with E-state index in [9.17, 15) is 4.79 Å². The molecule has 0 spiro atoms. The molecule has 0 aliphatic heterocycles. The monoisotopic (exact) mass is 224 g/mol. The zero-order valence-corrected chi connectivity index (χ0v) is 9.55. The van der Waals surface area contributed by atoms with Crippen LogP contribution in [0.3, 0.4) is 0 Å². The van der Waals surface area contributed by atoms with E-state index in [4.69, 9.17) is 0 Å². The summed E-state index contributed by atoms with van der Waals surface area (Å²) in [6.45, 7) is 2.97. The van der Waals surface area contributed by atoms with Crippen molar-refractivity contribution in [2.24, 2.45) is 0 Å². The van der Waals surface area contributed by atoms with Crippen LogP contribution in [0.1, 0.15) is 17.3 Å². The Kier molecular flexibility index (Phi) is 2.18. The second kappa shape index (κ2) is 3.70. The average Bonchev–Trinajstić information content (AvgIpc) is 2.71. The van der Waals surface area contributed by atoms with Crippen LogP contribution < -0.4 is 0 Å². The smallest absolute Gasteiger partial charge is 0.151 e. The fourth-order valence-electron chi connectivity index (χ4n) is 2.32. The van der Waals surface area contributed by atoms with E-state index in [1.54, 1.807) is 6.20 Å². The lowest BCUT2D eigenvalue weighted by Crippen LogP contribution is -1.95. The second-order valence-electron chi connectivity index (χ2n) is 4.02. The third-order valence-electron chi connectivity index (χ3n) is 3.08. The molecule has 3 heteroatoms. The maximum absolute atomic E-state index is 10.8. The number of nitrogens with zero attached hydrogens (tertiary/aromatic N) is 2. The predicted molar refractivity (Wildman–Crippen MR) is 68.3 cm³/mol. The van der Waals surface area contributed by atoms with Crippen molar-refractivity contribution in [3.8, 4) is 0 Å². The van der Waals surface area contributed by atoms with Gasteiger partial charge in [-0.05, 0) is 19.1 Å². The quantitative estimate of drug-likeness (QED) is 0.627. The molecule has 0 saturated carbocycles. The summed E-state index contributed by atoms with van der Waals surface area (Å²) in [6.07, 6.45) is 2.46. The first-order valence-corrected chi connectivity index (χ1v) is 5.67. The molecule has 0 saturated heterocycles. The lowest BCUT2D eigenvalue weighted by atomic mass is 10.1. The summed E-state index contributed by atoms with van der Waals surface area (Å²) >= 11 is 0. The normalized spacial score (nSPS) is 11.1. The fourth-order valence-corrected chi connectivity index (χ4v) is 2.32. The molecular formula is C14H12N2O. The Hall–Kier alpha value is -2.16. The summed E-state index contributed by atoms with van der Waals surface area (Å²) in [5.41, 5.74) is 2.73. The van der Waals surface area contributed by atoms with Gasteiger partial charge in [-0.2, -0.15) is 0 Å². The number of fused-ring (bicyclic) bond motifs is 3. The number of aldehydes is 1. The number of carbonyl (C=O) groups is 1. The van der Waals surface area contributed by atoms with Crippen LogP contribution >= 0.6 is 0 Å². The second-order valence-corrected chi connectivity index (χ2v) is 4.02. The van der Waals surface area contributed by atoms with Gasteiger partial charge in [-0.1, -0.05) is 18.2 Å². The van der Waals surface area contributed by atoms with Crippen LogP contribution in [0, 0.1) is 0 Å². The maximum atomic E-state index is 10.8. The summed E-state index contributed by atoms with van der Waals surface area (Å²) in [6, 6.07) is 10.1. The number of hydrogen-bond acceptors (Lipinski definition) is 2. The van der Waals surface area contributed by atoms with Gasteiger partial charge in [0.2, 0.25) is 0 Å². The predicted octanol–water partition coefficient (Wildman–Crippen LogP) is 3.02. The van der Waals surface area contributed by atoms with E-state index in [1.165, 1.54) is 5.52 Å². The summed E-state index contributed by atoms with van der Waals surface area (Å²) < 4.78 is 2.17. The zero-order chi connectivity index (χ0) is 11.8. The lowest BCUT2D eigenvalue weighted by Gasteiger charge is -2.01. The van der Waals surface area contributed by atoms with E-state index in [0.29, 0.717) is 5.56 Å². The number of aryl methyl sites for hydroxylation is 1. The first-order chi connectivity index (χ1) is 8.35. The van der Waals surface area contributed by atoms with Crippen molar-refractivity contribution in [1.29, 1.82) is 0 Å². The van der Waals surface area contributed by atoms with Crippen molar-refractivity contribution in [1.82, 2.24) is 9.55 Å². The Labute approximate surface area is 98.7 Å². The van der Waals surface area contributed by atoms with E-state index in [2.05, 4.69) is 28.6 Å². The Morgan fingerprint density at radius 1 is 1.29 bits per heavy atom. The van der Waals surface area contributed by atoms with Gasteiger partial charge in [-0.15, -0.1) is 0 Å². The van der Waals surface area contributed by atoms with Crippen molar-refractivity contribution in [2.75, 3.05) is 0 Å². The van der Waals surface area contributed by atoms with Crippen molar-refractivity contribution in [3.05, 3.63) is 42.1 Å². The highest BCUT2D eigenvalue weighted by Gasteiger charge is 2.10. The molecule has 1 aromatic carbocycles. The molecule has 17 heavy (non-hydrogen) atoms. The van der Waals surface area contributed by atoms with Crippen LogP contribution in [-0.2, 0) is 6.54 Å². The molecular weight excluding hydrogens is 212 g/mol. The van der Waals surface area contributed by atoms with Gasteiger partial charge in [0.25, 0.3) is 0 Å². The van der Waals surface area contributed by atoms with Crippen LogP contribution in [0.5, 0.6) is 0 Å². The Morgan fingerprint density at radius 3 is 2.88 bits per heavy atom. The van der Waals surface area contributed by atoms with Crippen molar-refractivity contribution in [3.63, 3.8) is 0 Å². The minimum absolute atomic E-state index is 0.622. The molecule has 0 unspecified atom stereocenters. The highest BCUT2D eigenvalue weighted by Crippen LogP contribution is 2.27. The molecule has 0 amide bonds. The molecule has 0 N–H and O–H groups in total. The number of pyridine rings is 1. The van der Waals surface area contributed by atoms with Gasteiger partial charge in [0.05, 0.1) is 5.52 Å². The first kappa shape index (κ1) is 10.0. The van der Waals surface area contributed by atoms with E-state index >= 15 is 0 Å². The van der Waals surface area contributed by atoms with Gasteiger partial charge in [-0.25, -0.2) is 4.98 Å². The first-order valence-electron chi connectivity index (χ1n) is 5.67. The minimum Gasteiger partial charge on any atom is -0.326 e. The summed E-state index contributed by atoms with van der Waals surface area (Å²) in [5, 5.41) is 2.20. The molecule has 0 fully saturated rings. The highest BCUT2D eigenvalue weighted by atomic mass is 16.1. The molecule has 3 rings (SSSR count). The highest BCUT2D eigenvalue weighted by molar-refractivity contribution is 6.07. The Bertz CT molecular complexity index is 713. The van der Waals surface area contributed by atoms with Crippen LogP contribution in [0.2, 0.25) is 0 Å². The molecule has 0 radical (unpaired) electrons. The van der Waals surface area contributed by atoms with Crippen LogP contribution in [0.25, 0.3) is 21.9 Å². The van der Waals surface area contributed by atoms with E-state index < -0.39 is 0 Å². The van der Waals surface area contributed by atoms with Gasteiger partial charge >= 0.3 is 0 Å². The molecule has 3 aromatic rings. The Morgan fingerprint density at radius 2 is 2.12 bits per heavy atom. The van der Waals surface area contributed by atoms with E-state index in [0.717, 1.165) is 29.3 Å². The molecule has 84 valence electrons. The Balaban J connectivity index is 2.53. The number of benzene rings is 1. The largest absolute Gasteiger partial charge is 0.326 e. The van der Waals surface area contributed by atoms with Crippen molar-refractivity contribution in [2.45, 2.75) is 13.5 Å². The molecule has 3 nitrogen and oxygen atoms in total. The minimum atomic E-state index is 0.622. The number of hydrogen-bond donors (Lipinski definition) is 0.